The summed E-state index contributed by atoms with van der Waals surface area (Å²) in [6.45, 7) is 7.75. The Bertz CT molecular complexity index is 914. The zero-order chi connectivity index (χ0) is 27.5. The summed E-state index contributed by atoms with van der Waals surface area (Å²) in [5.74, 6) is -1.42. The summed E-state index contributed by atoms with van der Waals surface area (Å²) in [5.41, 5.74) is -0.689. The second-order valence-electron chi connectivity index (χ2n) is 10.9. The smallest absolute Gasteiger partial charge is 0.409 e. The Morgan fingerprint density at radius 2 is 1.81 bits per heavy atom. The van der Waals surface area contributed by atoms with E-state index in [4.69, 9.17) is 4.74 Å². The van der Waals surface area contributed by atoms with Gasteiger partial charge in [-0.1, -0.05) is 50.1 Å². The predicted molar refractivity (Wildman–Crippen MR) is 141 cm³/mol. The molecule has 1 fully saturated rings. The number of hydrogen-bond donors (Lipinski definition) is 3. The van der Waals surface area contributed by atoms with Crippen LogP contribution in [0.1, 0.15) is 84.6 Å². The Morgan fingerprint density at radius 3 is 2.43 bits per heavy atom. The molecule has 37 heavy (non-hydrogen) atoms. The van der Waals surface area contributed by atoms with Crippen molar-refractivity contribution in [1.29, 1.82) is 0 Å². The number of hydrogen-bond acceptors (Lipinski definition) is 5. The van der Waals surface area contributed by atoms with E-state index in [-0.39, 0.29) is 37.6 Å². The number of rotatable bonds is 14. The molecule has 2 unspecified atom stereocenters. The fraction of sp³-hybridized carbons (Fsp3) is 0.643. The highest BCUT2D eigenvalue weighted by molar-refractivity contribution is 5.88. The van der Waals surface area contributed by atoms with Crippen LogP contribution in [0.15, 0.2) is 30.3 Å². The molecule has 1 aliphatic heterocycles. The zero-order valence-corrected chi connectivity index (χ0v) is 22.7. The minimum atomic E-state index is -1.12. The van der Waals surface area contributed by atoms with Crippen LogP contribution in [-0.2, 0) is 25.5 Å². The Morgan fingerprint density at radius 1 is 1.11 bits per heavy atom. The van der Waals surface area contributed by atoms with Gasteiger partial charge in [-0.25, -0.2) is 4.79 Å². The number of amides is 3. The number of nitrogens with zero attached hydrogens (tertiary/aromatic N) is 1. The molecule has 2 atom stereocenters. The van der Waals surface area contributed by atoms with Crippen molar-refractivity contribution in [2.75, 3.05) is 13.1 Å². The van der Waals surface area contributed by atoms with E-state index in [1.54, 1.807) is 25.7 Å². The van der Waals surface area contributed by atoms with E-state index in [1.807, 2.05) is 30.3 Å². The highest BCUT2D eigenvalue weighted by atomic mass is 16.6. The fourth-order valence-electron chi connectivity index (χ4n) is 4.63. The van der Waals surface area contributed by atoms with E-state index >= 15 is 0 Å². The number of alkyl carbamates (subject to hydrolysis) is 1. The minimum Gasteiger partial charge on any atom is -0.481 e. The topological polar surface area (TPSA) is 125 Å². The maximum absolute atomic E-state index is 13.8. The van der Waals surface area contributed by atoms with E-state index in [2.05, 4.69) is 17.6 Å². The number of aliphatic carboxylic acids is 1. The van der Waals surface area contributed by atoms with E-state index in [9.17, 15) is 24.3 Å². The third-order valence-corrected chi connectivity index (χ3v) is 6.51. The van der Waals surface area contributed by atoms with Gasteiger partial charge in [-0.3, -0.25) is 14.4 Å². The molecule has 9 nitrogen and oxygen atoms in total. The van der Waals surface area contributed by atoms with Crippen LogP contribution in [0.5, 0.6) is 0 Å². The van der Waals surface area contributed by atoms with Crippen molar-refractivity contribution >= 4 is 23.9 Å². The van der Waals surface area contributed by atoms with Crippen molar-refractivity contribution in [3.05, 3.63) is 35.9 Å². The Kier molecular flexibility index (Phi) is 11.4. The van der Waals surface area contributed by atoms with Crippen LogP contribution in [-0.4, -0.2) is 58.7 Å². The lowest BCUT2D eigenvalue weighted by Gasteiger charge is -2.28. The molecule has 1 heterocycles. The normalized spacial score (nSPS) is 19.5. The number of unbranched alkanes of at least 4 members (excludes halogenated alkanes) is 2. The number of ether oxygens (including phenoxy) is 1. The number of benzene rings is 1. The summed E-state index contributed by atoms with van der Waals surface area (Å²) < 4.78 is 5.42. The molecule has 0 radical (unpaired) electrons. The molecule has 1 aromatic carbocycles. The quantitative estimate of drug-likeness (QED) is 0.317. The van der Waals surface area contributed by atoms with Crippen molar-refractivity contribution in [1.82, 2.24) is 15.5 Å². The molecule has 3 amide bonds. The van der Waals surface area contributed by atoms with E-state index in [0.29, 0.717) is 19.4 Å². The predicted octanol–water partition coefficient (Wildman–Crippen LogP) is 4.25. The average Bonchev–Trinajstić information content (AvgIpc) is 3.07. The van der Waals surface area contributed by atoms with Gasteiger partial charge in [0, 0.05) is 32.4 Å². The van der Waals surface area contributed by atoms with Gasteiger partial charge in [-0.2, -0.15) is 0 Å². The van der Waals surface area contributed by atoms with Crippen LogP contribution in [0.25, 0.3) is 0 Å². The van der Waals surface area contributed by atoms with Gasteiger partial charge < -0.3 is 25.4 Å². The van der Waals surface area contributed by atoms with Crippen molar-refractivity contribution in [2.24, 2.45) is 5.41 Å². The van der Waals surface area contributed by atoms with E-state index < -0.39 is 29.2 Å². The zero-order valence-electron chi connectivity index (χ0n) is 22.7. The van der Waals surface area contributed by atoms with Gasteiger partial charge in [0.05, 0.1) is 5.41 Å². The lowest BCUT2D eigenvalue weighted by molar-refractivity contribution is -0.140. The molecule has 206 valence electrons. The first-order valence-electron chi connectivity index (χ1n) is 13.3. The average molecular weight is 518 g/mol. The fourth-order valence-corrected chi connectivity index (χ4v) is 4.63. The van der Waals surface area contributed by atoms with Crippen molar-refractivity contribution in [2.45, 2.75) is 97.2 Å². The van der Waals surface area contributed by atoms with E-state index in [1.165, 1.54) is 0 Å². The van der Waals surface area contributed by atoms with Crippen LogP contribution in [0.3, 0.4) is 0 Å². The van der Waals surface area contributed by atoms with Crippen LogP contribution < -0.4 is 10.6 Å². The summed E-state index contributed by atoms with van der Waals surface area (Å²) in [6.07, 6.45) is 3.20. The molecule has 1 aliphatic rings. The van der Waals surface area contributed by atoms with Gasteiger partial charge in [0.25, 0.3) is 0 Å². The molecule has 0 aromatic heterocycles. The molecule has 9 heteroatoms. The number of nitrogens with one attached hydrogen (secondary N) is 2. The molecule has 2 rings (SSSR count). The first-order chi connectivity index (χ1) is 17.5. The molecule has 0 saturated carbocycles. The number of aryl methyl sites for hydroxylation is 1. The second kappa shape index (κ2) is 14.0. The maximum atomic E-state index is 13.8. The van der Waals surface area contributed by atoms with Crippen molar-refractivity contribution in [3.8, 4) is 0 Å². The third-order valence-electron chi connectivity index (χ3n) is 6.51. The Hall–Kier alpha value is -3.10. The van der Waals surface area contributed by atoms with Gasteiger partial charge in [0.2, 0.25) is 11.8 Å². The molecule has 0 bridgehead atoms. The van der Waals surface area contributed by atoms with Crippen molar-refractivity contribution < 1.29 is 29.0 Å². The molecular formula is C28H43N3O6. The number of likely N-dealkylation sites (tertiary alicyclic amines) is 1. The van der Waals surface area contributed by atoms with Gasteiger partial charge in [-0.15, -0.1) is 0 Å². The first kappa shape index (κ1) is 30.1. The maximum Gasteiger partial charge on any atom is 0.409 e. The van der Waals surface area contributed by atoms with Gasteiger partial charge in [-0.05, 0) is 52.0 Å². The first-order valence-corrected chi connectivity index (χ1v) is 13.3. The summed E-state index contributed by atoms with van der Waals surface area (Å²) in [6, 6.07) is 9.91. The van der Waals surface area contributed by atoms with Crippen LogP contribution in [0.2, 0.25) is 0 Å². The molecule has 1 saturated heterocycles. The monoisotopic (exact) mass is 517 g/mol. The SMILES string of the molecule is CCCCCC(=O)NCC1(CCC(=O)O)CC(NC(=O)OC(C)(C)C)N(CCCc2ccccc2)C1=O. The number of carboxylic acid groups (broad SMARTS) is 1. The molecule has 0 aliphatic carbocycles. The molecule has 3 N–H and O–H groups in total. The number of carbonyl (C=O) groups is 4. The standard InChI is InChI=1S/C28H43N3O6/c1-5-6-8-15-23(32)29-20-28(17-16-24(33)34)19-22(30-26(36)37-27(2,3)4)31(25(28)35)18-11-14-21-12-9-7-10-13-21/h7,9-10,12-13,22H,5-6,8,11,14-20H2,1-4H3,(H,29,32)(H,30,36)(H,33,34). The molecular weight excluding hydrogens is 474 g/mol. The largest absolute Gasteiger partial charge is 0.481 e. The lowest BCUT2D eigenvalue weighted by Crippen LogP contribution is -2.48. The summed E-state index contributed by atoms with van der Waals surface area (Å²) >= 11 is 0. The van der Waals surface area contributed by atoms with Gasteiger partial charge >= 0.3 is 12.1 Å². The van der Waals surface area contributed by atoms with Crippen LogP contribution >= 0.6 is 0 Å². The highest BCUT2D eigenvalue weighted by Gasteiger charge is 2.52. The van der Waals surface area contributed by atoms with Crippen molar-refractivity contribution in [3.63, 3.8) is 0 Å². The minimum absolute atomic E-state index is 0.0335. The molecule has 1 aromatic rings. The number of carbonyl (C=O) groups excluding carboxylic acids is 3. The summed E-state index contributed by atoms with van der Waals surface area (Å²) in [5, 5.41) is 15.1. The second-order valence-corrected chi connectivity index (χ2v) is 10.9. The highest BCUT2D eigenvalue weighted by Crippen LogP contribution is 2.39. The van der Waals surface area contributed by atoms with E-state index in [0.717, 1.165) is 31.2 Å². The Balaban J connectivity index is 2.21. The third kappa shape index (κ3) is 10.1. The van der Waals surface area contributed by atoms with Gasteiger partial charge in [0.1, 0.15) is 11.8 Å². The summed E-state index contributed by atoms with van der Waals surface area (Å²) in [7, 11) is 0. The number of carboxylic acids is 1. The molecule has 0 spiro atoms. The van der Waals surface area contributed by atoms with Gasteiger partial charge in [0.15, 0.2) is 0 Å². The summed E-state index contributed by atoms with van der Waals surface area (Å²) in [4.78, 5) is 51.9. The Labute approximate surface area is 220 Å². The lowest BCUT2D eigenvalue weighted by atomic mass is 9.80. The van der Waals surface area contributed by atoms with Crippen LogP contribution in [0.4, 0.5) is 4.79 Å². The van der Waals surface area contributed by atoms with Crippen LogP contribution in [0, 0.1) is 5.41 Å².